The van der Waals surface area contributed by atoms with Crippen LogP contribution in [0.4, 0.5) is 19.4 Å². The van der Waals surface area contributed by atoms with Crippen molar-refractivity contribution in [2.24, 2.45) is 0 Å². The van der Waals surface area contributed by atoms with Crippen LogP contribution in [0.25, 0.3) is 32.9 Å². The summed E-state index contributed by atoms with van der Waals surface area (Å²) in [5.41, 5.74) is -1.22. The fourth-order valence-electron chi connectivity index (χ4n) is 7.34. The Bertz CT molecular complexity index is 2180. The Morgan fingerprint density at radius 3 is 2.40 bits per heavy atom. The molecule has 1 saturated carbocycles. The highest BCUT2D eigenvalue weighted by Crippen LogP contribution is 2.43. The summed E-state index contributed by atoms with van der Waals surface area (Å²) in [6.45, 7) is 7.82. The zero-order valence-electron chi connectivity index (χ0n) is 30.6. The van der Waals surface area contributed by atoms with Crippen LogP contribution in [0, 0.1) is 11.6 Å². The zero-order valence-corrected chi connectivity index (χ0v) is 31.4. The van der Waals surface area contributed by atoms with Crippen molar-refractivity contribution in [1.29, 1.82) is 0 Å². The van der Waals surface area contributed by atoms with Gasteiger partial charge in [-0.25, -0.2) is 13.6 Å². The first-order valence-electron chi connectivity index (χ1n) is 17.6. The molecule has 2 aromatic heterocycles. The number of anilines is 1. The lowest BCUT2D eigenvalue weighted by Crippen LogP contribution is -2.57. The summed E-state index contributed by atoms with van der Waals surface area (Å²) in [7, 11) is -2.30. The Kier molecular flexibility index (Phi) is 9.60. The smallest absolute Gasteiger partial charge is 0.410 e. The standard InChI is InChI=1S/C37H43F2N5O8S/c1-7-25-28(38)11-8-21-14-24(50-20-48-5)15-26(29(21)25)31-30(39)32-27(16-40-31)33(42-34(41-32)49-19-37(12-13-37)52-53(6,46)47)43-17-22-9-10-23(18-43)44(22)35(45)51-36(2,3)4/h8,11,14-16,22-23H,7,9-10,12-13,17-20H2,1-6H3. The zero-order chi connectivity index (χ0) is 37.9. The van der Waals surface area contributed by atoms with E-state index in [1.165, 1.54) is 19.4 Å². The van der Waals surface area contributed by atoms with E-state index in [1.54, 1.807) is 23.1 Å². The van der Waals surface area contributed by atoms with E-state index < -0.39 is 33.0 Å². The van der Waals surface area contributed by atoms with E-state index in [4.69, 9.17) is 28.1 Å². The molecule has 4 heterocycles. The van der Waals surface area contributed by atoms with Gasteiger partial charge in [-0.1, -0.05) is 13.0 Å². The topological polar surface area (TPSA) is 143 Å². The highest BCUT2D eigenvalue weighted by molar-refractivity contribution is 7.86. The number of carbonyl (C=O) groups excluding carboxylic acids is 1. The van der Waals surface area contributed by atoms with Crippen LogP contribution in [0.2, 0.25) is 0 Å². The van der Waals surface area contributed by atoms with Gasteiger partial charge in [-0.2, -0.15) is 18.4 Å². The summed E-state index contributed by atoms with van der Waals surface area (Å²) in [6, 6.07) is 5.76. The van der Waals surface area contributed by atoms with Crippen LogP contribution in [0.1, 0.15) is 58.9 Å². The maximum atomic E-state index is 17.2. The number of halogens is 2. The Morgan fingerprint density at radius 1 is 1.06 bits per heavy atom. The quantitative estimate of drug-likeness (QED) is 0.128. The van der Waals surface area contributed by atoms with Gasteiger partial charge in [0.15, 0.2) is 12.6 Å². The summed E-state index contributed by atoms with van der Waals surface area (Å²) in [4.78, 5) is 30.8. The molecule has 16 heteroatoms. The Labute approximate surface area is 306 Å². The lowest BCUT2D eigenvalue weighted by Gasteiger charge is -2.42. The number of ether oxygens (including phenoxy) is 4. The van der Waals surface area contributed by atoms with Gasteiger partial charge >= 0.3 is 12.1 Å². The second-order valence-corrected chi connectivity index (χ2v) is 16.5. The van der Waals surface area contributed by atoms with Gasteiger partial charge in [0.05, 0.1) is 23.7 Å². The number of rotatable bonds is 11. The third-order valence-corrected chi connectivity index (χ3v) is 10.4. The molecule has 1 aliphatic carbocycles. The first-order chi connectivity index (χ1) is 25.1. The molecule has 2 aliphatic heterocycles. The Morgan fingerprint density at radius 2 is 1.77 bits per heavy atom. The molecule has 2 atom stereocenters. The highest BCUT2D eigenvalue weighted by Gasteiger charge is 2.49. The Hall–Kier alpha value is -4.41. The van der Waals surface area contributed by atoms with Gasteiger partial charge < -0.3 is 23.8 Å². The number of nitrogens with zero attached hydrogens (tertiary/aromatic N) is 5. The van der Waals surface area contributed by atoms with Crippen LogP contribution in [0.15, 0.2) is 30.5 Å². The van der Waals surface area contributed by atoms with Gasteiger partial charge in [0.1, 0.15) is 46.4 Å². The van der Waals surface area contributed by atoms with Crippen molar-refractivity contribution in [2.75, 3.05) is 44.8 Å². The second-order valence-electron chi connectivity index (χ2n) is 14.9. The van der Waals surface area contributed by atoms with Gasteiger partial charge in [0.25, 0.3) is 10.1 Å². The van der Waals surface area contributed by atoms with Gasteiger partial charge in [0, 0.05) is 32.0 Å². The molecule has 0 radical (unpaired) electrons. The molecule has 3 aliphatic rings. The van der Waals surface area contributed by atoms with Crippen molar-refractivity contribution in [2.45, 2.75) is 83.1 Å². The number of aryl methyl sites for hydroxylation is 1. The van der Waals surface area contributed by atoms with Crippen molar-refractivity contribution in [3.8, 4) is 23.0 Å². The van der Waals surface area contributed by atoms with Gasteiger partial charge in [-0.3, -0.25) is 14.1 Å². The molecule has 7 rings (SSSR count). The van der Waals surface area contributed by atoms with E-state index in [-0.39, 0.29) is 48.8 Å². The molecule has 2 saturated heterocycles. The number of benzene rings is 2. The minimum atomic E-state index is -3.78. The van der Waals surface area contributed by atoms with Crippen molar-refractivity contribution in [3.63, 3.8) is 0 Å². The van der Waals surface area contributed by atoms with Crippen LogP contribution >= 0.6 is 0 Å². The predicted molar refractivity (Wildman–Crippen MR) is 193 cm³/mol. The van der Waals surface area contributed by atoms with E-state index in [0.717, 1.165) is 19.1 Å². The lowest BCUT2D eigenvalue weighted by molar-refractivity contribution is 0.0122. The van der Waals surface area contributed by atoms with Gasteiger partial charge in [0.2, 0.25) is 0 Å². The fourth-order valence-corrected chi connectivity index (χ4v) is 8.20. The molecule has 0 N–H and O–H groups in total. The largest absolute Gasteiger partial charge is 0.468 e. The van der Waals surface area contributed by atoms with E-state index in [1.807, 2.05) is 32.6 Å². The SMILES string of the molecule is CCc1c(F)ccc2cc(OCOC)cc(-c3ncc4c(N5CC6CCC(C5)N6C(=O)OC(C)(C)C)nc(OCC5(OS(C)(=O)=O)CC5)nc4c3F)c12. The summed E-state index contributed by atoms with van der Waals surface area (Å²) in [5.74, 6) is -0.509. The highest BCUT2D eigenvalue weighted by atomic mass is 32.2. The summed E-state index contributed by atoms with van der Waals surface area (Å²) >= 11 is 0. The van der Waals surface area contributed by atoms with Crippen molar-refractivity contribution in [1.82, 2.24) is 19.9 Å². The van der Waals surface area contributed by atoms with E-state index >= 15 is 8.78 Å². The van der Waals surface area contributed by atoms with E-state index in [2.05, 4.69) is 9.97 Å². The predicted octanol–water partition coefficient (Wildman–Crippen LogP) is 6.14. The third-order valence-electron chi connectivity index (χ3n) is 9.72. The molecule has 53 heavy (non-hydrogen) atoms. The molecule has 2 unspecified atom stereocenters. The van der Waals surface area contributed by atoms with Gasteiger partial charge in [-0.05, 0) is 87.4 Å². The number of pyridine rings is 1. The van der Waals surface area contributed by atoms with Crippen LogP contribution in [0.3, 0.4) is 0 Å². The van der Waals surface area contributed by atoms with Crippen LogP contribution < -0.4 is 14.4 Å². The number of hydrogen-bond donors (Lipinski definition) is 0. The number of methoxy groups -OCH3 is 1. The average molecular weight is 756 g/mol. The maximum absolute atomic E-state index is 17.2. The molecule has 1 amide bonds. The molecule has 0 spiro atoms. The monoisotopic (exact) mass is 755 g/mol. The molecule has 4 aromatic rings. The van der Waals surface area contributed by atoms with Crippen LogP contribution in [-0.2, 0) is 30.2 Å². The van der Waals surface area contributed by atoms with E-state index in [9.17, 15) is 13.2 Å². The fraction of sp³-hybridized carbons (Fsp3) is 0.514. The first-order valence-corrected chi connectivity index (χ1v) is 19.4. The lowest BCUT2D eigenvalue weighted by atomic mass is 9.94. The average Bonchev–Trinajstić information content (AvgIpc) is 3.79. The van der Waals surface area contributed by atoms with Gasteiger partial charge in [-0.15, -0.1) is 0 Å². The van der Waals surface area contributed by atoms with Crippen LogP contribution in [-0.4, -0.2) is 97.5 Å². The molecular formula is C37H43F2N5O8S. The molecular weight excluding hydrogens is 712 g/mol. The van der Waals surface area contributed by atoms with Crippen molar-refractivity contribution in [3.05, 3.63) is 47.7 Å². The molecule has 2 aromatic carbocycles. The maximum Gasteiger partial charge on any atom is 0.410 e. The van der Waals surface area contributed by atoms with Crippen molar-refractivity contribution < 1.29 is 45.1 Å². The molecule has 13 nitrogen and oxygen atoms in total. The minimum Gasteiger partial charge on any atom is -0.468 e. The van der Waals surface area contributed by atoms with Crippen LogP contribution in [0.5, 0.6) is 11.8 Å². The third kappa shape index (κ3) is 7.53. The number of hydrogen-bond acceptors (Lipinski definition) is 12. The van der Waals surface area contributed by atoms with E-state index in [0.29, 0.717) is 71.2 Å². The number of carbonyl (C=O) groups is 1. The number of piperazine rings is 1. The summed E-state index contributed by atoms with van der Waals surface area (Å²) < 4.78 is 84.2. The molecule has 3 fully saturated rings. The number of amides is 1. The Balaban J connectivity index is 1.34. The molecule has 284 valence electrons. The van der Waals surface area contributed by atoms with Crippen molar-refractivity contribution >= 4 is 43.7 Å². The first kappa shape index (κ1) is 36.9. The number of fused-ring (bicyclic) bond motifs is 4. The number of aromatic nitrogens is 3. The minimum absolute atomic E-state index is 0.0641. The summed E-state index contributed by atoms with van der Waals surface area (Å²) in [6.07, 6.45) is 4.81. The molecule has 2 bridgehead atoms. The normalized spacial score (nSPS) is 19.5. The second kappa shape index (κ2) is 13.8. The summed E-state index contributed by atoms with van der Waals surface area (Å²) in [5, 5.41) is 1.41.